The quantitative estimate of drug-likeness (QED) is 0.267. The fourth-order valence-electron chi connectivity index (χ4n) is 2.95. The smallest absolute Gasteiger partial charge is 0.338 e. The Hall–Kier alpha value is -4.97. The first-order valence-electron chi connectivity index (χ1n) is 9.80. The Morgan fingerprint density at radius 3 is 2.03 bits per heavy atom. The van der Waals surface area contributed by atoms with Crippen LogP contribution in [0.5, 0.6) is 0 Å². The van der Waals surface area contributed by atoms with E-state index in [-0.39, 0.29) is 11.1 Å². The molecule has 0 aliphatic rings. The highest BCUT2D eigenvalue weighted by Crippen LogP contribution is 2.20. The van der Waals surface area contributed by atoms with Gasteiger partial charge in [0.15, 0.2) is 0 Å². The normalized spacial score (nSPS) is 9.82. The highest BCUT2D eigenvalue weighted by molar-refractivity contribution is 6.06. The molecule has 9 nitrogen and oxygen atoms in total. The molecule has 0 atom stereocenters. The molecule has 0 saturated heterocycles. The number of nitro benzene ring substituents is 1. The monoisotopic (exact) mass is 458 g/mol. The summed E-state index contributed by atoms with van der Waals surface area (Å²) in [5.41, 5.74) is 1.34. The predicted octanol–water partition coefficient (Wildman–Crippen LogP) is 3.82. The van der Waals surface area contributed by atoms with E-state index in [1.165, 1.54) is 13.2 Å². The van der Waals surface area contributed by atoms with E-state index < -0.39 is 28.5 Å². The van der Waals surface area contributed by atoms with Crippen LogP contribution in [-0.2, 0) is 9.47 Å². The molecule has 0 bridgehead atoms. The molecule has 0 aromatic heterocycles. The van der Waals surface area contributed by atoms with Crippen LogP contribution >= 0.6 is 0 Å². The number of methoxy groups -OCH3 is 2. The van der Waals surface area contributed by atoms with E-state index in [9.17, 15) is 24.5 Å². The molecule has 1 N–H and O–H groups in total. The number of ether oxygens (including phenoxy) is 2. The maximum atomic E-state index is 12.7. The van der Waals surface area contributed by atoms with Gasteiger partial charge < -0.3 is 14.8 Å². The summed E-state index contributed by atoms with van der Waals surface area (Å²) < 4.78 is 9.30. The van der Waals surface area contributed by atoms with Gasteiger partial charge >= 0.3 is 11.9 Å². The Kier molecular flexibility index (Phi) is 7.36. The molecule has 9 heteroatoms. The summed E-state index contributed by atoms with van der Waals surface area (Å²) in [6.45, 7) is 0. The summed E-state index contributed by atoms with van der Waals surface area (Å²) in [7, 11) is 2.43. The van der Waals surface area contributed by atoms with Crippen LogP contribution in [0.1, 0.15) is 42.2 Å². The number of esters is 2. The van der Waals surface area contributed by atoms with Crippen molar-refractivity contribution in [1.82, 2.24) is 0 Å². The second kappa shape index (κ2) is 10.6. The molecule has 3 rings (SSSR count). The third kappa shape index (κ3) is 5.83. The first-order chi connectivity index (χ1) is 16.3. The van der Waals surface area contributed by atoms with Gasteiger partial charge in [0, 0.05) is 34.5 Å². The lowest BCUT2D eigenvalue weighted by molar-refractivity contribution is -0.384. The summed E-state index contributed by atoms with van der Waals surface area (Å²) in [5.74, 6) is 3.98. The van der Waals surface area contributed by atoms with Crippen molar-refractivity contribution in [2.75, 3.05) is 19.5 Å². The highest BCUT2D eigenvalue weighted by Gasteiger charge is 2.18. The van der Waals surface area contributed by atoms with Gasteiger partial charge in [-0.3, -0.25) is 14.9 Å². The Balaban J connectivity index is 1.83. The van der Waals surface area contributed by atoms with Crippen molar-refractivity contribution in [3.8, 4) is 11.8 Å². The number of nitrogens with one attached hydrogen (secondary N) is 1. The van der Waals surface area contributed by atoms with Gasteiger partial charge in [-0.2, -0.15) is 0 Å². The molecule has 1 amide bonds. The van der Waals surface area contributed by atoms with Gasteiger partial charge in [0.2, 0.25) is 0 Å². The summed E-state index contributed by atoms with van der Waals surface area (Å²) in [6, 6.07) is 16.6. The topological polar surface area (TPSA) is 125 Å². The zero-order valence-corrected chi connectivity index (χ0v) is 18.2. The molecule has 34 heavy (non-hydrogen) atoms. The summed E-state index contributed by atoms with van der Waals surface area (Å²) in [5, 5.41) is 13.8. The molecule has 0 fully saturated rings. The molecule has 0 heterocycles. The van der Waals surface area contributed by atoms with E-state index in [0.717, 1.165) is 19.2 Å². The van der Waals surface area contributed by atoms with Crippen LogP contribution in [0.25, 0.3) is 0 Å². The second-order valence-electron chi connectivity index (χ2n) is 6.87. The van der Waals surface area contributed by atoms with Crippen LogP contribution < -0.4 is 5.32 Å². The van der Waals surface area contributed by atoms with E-state index in [2.05, 4.69) is 21.9 Å². The lowest BCUT2D eigenvalue weighted by Crippen LogP contribution is -2.14. The van der Waals surface area contributed by atoms with Crippen molar-refractivity contribution in [1.29, 1.82) is 0 Å². The van der Waals surface area contributed by atoms with Gasteiger partial charge in [-0.05, 0) is 42.5 Å². The number of anilines is 1. The molecule has 0 spiro atoms. The maximum absolute atomic E-state index is 12.7. The van der Waals surface area contributed by atoms with Crippen molar-refractivity contribution in [2.24, 2.45) is 0 Å². The van der Waals surface area contributed by atoms with Crippen molar-refractivity contribution >= 4 is 29.2 Å². The van der Waals surface area contributed by atoms with Crippen molar-refractivity contribution in [3.63, 3.8) is 0 Å². The fourth-order valence-corrected chi connectivity index (χ4v) is 2.95. The van der Waals surface area contributed by atoms with Gasteiger partial charge in [-0.1, -0.05) is 24.0 Å². The third-order valence-corrected chi connectivity index (χ3v) is 4.57. The van der Waals surface area contributed by atoms with Gasteiger partial charge in [0.25, 0.3) is 11.6 Å². The van der Waals surface area contributed by atoms with E-state index in [4.69, 9.17) is 4.74 Å². The highest BCUT2D eigenvalue weighted by atomic mass is 16.6. The Labute approximate surface area is 194 Å². The number of hydrogen-bond acceptors (Lipinski definition) is 7. The van der Waals surface area contributed by atoms with Crippen LogP contribution in [0.15, 0.2) is 66.7 Å². The molecule has 0 radical (unpaired) electrons. The van der Waals surface area contributed by atoms with Crippen LogP contribution in [0, 0.1) is 22.0 Å². The van der Waals surface area contributed by atoms with Crippen LogP contribution in [-0.4, -0.2) is 37.0 Å². The van der Waals surface area contributed by atoms with E-state index in [1.807, 2.05) is 0 Å². The minimum Gasteiger partial charge on any atom is -0.465 e. The standard InChI is InChI=1S/C25H18N2O7/c1-33-24(29)18-7-3-5-16(11-18)9-10-17-6-4-8-21(12-17)26-23(28)19-13-20(25(30)34-2)15-22(14-19)27(31)32/h3-8,11-15H,1-2H3,(H,26,28). The number of benzene rings is 3. The maximum Gasteiger partial charge on any atom is 0.338 e. The van der Waals surface area contributed by atoms with Crippen molar-refractivity contribution < 1.29 is 28.8 Å². The molecule has 0 aliphatic heterocycles. The van der Waals surface area contributed by atoms with E-state index in [1.54, 1.807) is 48.5 Å². The summed E-state index contributed by atoms with van der Waals surface area (Å²) in [6.07, 6.45) is 0. The van der Waals surface area contributed by atoms with Crippen LogP contribution in [0.3, 0.4) is 0 Å². The lowest BCUT2D eigenvalue weighted by Gasteiger charge is -2.07. The van der Waals surface area contributed by atoms with Crippen molar-refractivity contribution in [2.45, 2.75) is 0 Å². The number of carbonyl (C=O) groups excluding carboxylic acids is 3. The molecule has 0 unspecified atom stereocenters. The molecular weight excluding hydrogens is 440 g/mol. The second-order valence-corrected chi connectivity index (χ2v) is 6.87. The average molecular weight is 458 g/mol. The fraction of sp³-hybridized carbons (Fsp3) is 0.0800. The number of nitro groups is 1. The molecule has 170 valence electrons. The molecule has 3 aromatic carbocycles. The zero-order valence-electron chi connectivity index (χ0n) is 18.2. The largest absolute Gasteiger partial charge is 0.465 e. The Morgan fingerprint density at radius 2 is 1.38 bits per heavy atom. The molecular formula is C25H18N2O7. The molecule has 0 aliphatic carbocycles. The lowest BCUT2D eigenvalue weighted by atomic mass is 10.1. The first kappa shape index (κ1) is 23.7. The zero-order chi connectivity index (χ0) is 24.7. The molecule has 3 aromatic rings. The number of rotatable bonds is 5. The van der Waals surface area contributed by atoms with Crippen LogP contribution in [0.2, 0.25) is 0 Å². The number of nitrogens with zero attached hydrogens (tertiary/aromatic N) is 1. The minimum absolute atomic E-state index is 0.0780. The minimum atomic E-state index is -0.800. The average Bonchev–Trinajstić information content (AvgIpc) is 2.86. The summed E-state index contributed by atoms with van der Waals surface area (Å²) in [4.78, 5) is 46.7. The van der Waals surface area contributed by atoms with E-state index in [0.29, 0.717) is 22.4 Å². The Bertz CT molecular complexity index is 1350. The van der Waals surface area contributed by atoms with Crippen LogP contribution in [0.4, 0.5) is 11.4 Å². The number of non-ortho nitro benzene ring substituents is 1. The Morgan fingerprint density at radius 1 is 0.794 bits per heavy atom. The predicted molar refractivity (Wildman–Crippen MR) is 123 cm³/mol. The van der Waals surface area contributed by atoms with Gasteiger partial charge in [-0.25, -0.2) is 9.59 Å². The van der Waals surface area contributed by atoms with Gasteiger partial charge in [-0.15, -0.1) is 0 Å². The SMILES string of the molecule is COC(=O)c1cccc(C#Cc2cccc(NC(=O)c3cc(C(=O)OC)cc([N+](=O)[O-])c3)c2)c1. The summed E-state index contributed by atoms with van der Waals surface area (Å²) >= 11 is 0. The van der Waals surface area contributed by atoms with Gasteiger partial charge in [0.05, 0.1) is 30.3 Å². The number of hydrogen-bond donors (Lipinski definition) is 1. The van der Waals surface area contributed by atoms with E-state index >= 15 is 0 Å². The molecule has 0 saturated carbocycles. The number of carbonyl (C=O) groups is 3. The van der Waals surface area contributed by atoms with Crippen molar-refractivity contribution in [3.05, 3.63) is 105 Å². The van der Waals surface area contributed by atoms with Gasteiger partial charge in [0.1, 0.15) is 0 Å². The number of amides is 1. The third-order valence-electron chi connectivity index (χ3n) is 4.57. The first-order valence-corrected chi connectivity index (χ1v) is 9.80.